The first-order valence-corrected chi connectivity index (χ1v) is 9.08. The zero-order valence-corrected chi connectivity index (χ0v) is 14.4. The highest BCUT2D eigenvalue weighted by atomic mass is 35.5. The number of aliphatic hydroxyl groups is 1. The molecule has 0 bridgehead atoms. The van der Waals surface area contributed by atoms with Crippen LogP contribution in [0, 0.1) is 0 Å². The maximum absolute atomic E-state index is 9.03. The van der Waals surface area contributed by atoms with Gasteiger partial charge in [0, 0.05) is 25.6 Å². The van der Waals surface area contributed by atoms with E-state index in [1.807, 2.05) is 6.07 Å². The summed E-state index contributed by atoms with van der Waals surface area (Å²) in [7, 11) is 0. The van der Waals surface area contributed by atoms with Gasteiger partial charge in [-0.2, -0.15) is 0 Å². The Morgan fingerprint density at radius 2 is 2.09 bits per heavy atom. The lowest BCUT2D eigenvalue weighted by Crippen LogP contribution is -2.31. The average Bonchev–Trinajstić information content (AvgIpc) is 2.85. The van der Waals surface area contributed by atoms with Crippen LogP contribution in [0.1, 0.15) is 37.7 Å². The van der Waals surface area contributed by atoms with Crippen LogP contribution < -0.4 is 9.47 Å². The lowest BCUT2D eigenvalue weighted by Gasteiger charge is -2.24. The minimum absolute atomic E-state index is 0.294. The Labute approximate surface area is 143 Å². The van der Waals surface area contributed by atoms with Crippen molar-refractivity contribution in [2.45, 2.75) is 44.6 Å². The van der Waals surface area contributed by atoms with Crippen molar-refractivity contribution in [2.75, 3.05) is 32.9 Å². The van der Waals surface area contributed by atoms with Crippen LogP contribution in [0.4, 0.5) is 0 Å². The highest BCUT2D eigenvalue weighted by Gasteiger charge is 2.24. The van der Waals surface area contributed by atoms with Gasteiger partial charge in [0.05, 0.1) is 18.2 Å². The summed E-state index contributed by atoms with van der Waals surface area (Å²) in [4.78, 5) is 2.55. The Hall–Kier alpha value is -0.970. The molecule has 0 spiro atoms. The number of ether oxygens (including phenoxy) is 2. The zero-order chi connectivity index (χ0) is 16.1. The van der Waals surface area contributed by atoms with Crippen molar-refractivity contribution in [3.8, 4) is 11.5 Å². The molecular formula is C18H26ClNO3. The fourth-order valence-corrected chi connectivity index (χ4v) is 3.83. The number of benzene rings is 1. The van der Waals surface area contributed by atoms with E-state index in [4.69, 9.17) is 26.2 Å². The fraction of sp³-hybridized carbons (Fsp3) is 0.667. The number of rotatable bonds is 6. The van der Waals surface area contributed by atoms with Gasteiger partial charge in [-0.3, -0.25) is 0 Å². The highest BCUT2D eigenvalue weighted by Crippen LogP contribution is 2.38. The summed E-state index contributed by atoms with van der Waals surface area (Å²) in [5, 5.41) is 9.68. The van der Waals surface area contributed by atoms with E-state index in [1.165, 1.54) is 18.4 Å². The molecule has 23 heavy (non-hydrogen) atoms. The summed E-state index contributed by atoms with van der Waals surface area (Å²) in [6.45, 7) is 3.83. The van der Waals surface area contributed by atoms with E-state index in [0.717, 1.165) is 44.5 Å². The molecule has 128 valence electrons. The Balaban J connectivity index is 1.62. The van der Waals surface area contributed by atoms with E-state index in [-0.39, 0.29) is 0 Å². The first-order valence-electron chi connectivity index (χ1n) is 8.71. The second-order valence-corrected chi connectivity index (χ2v) is 6.81. The minimum Gasteiger partial charge on any atom is -0.489 e. The highest BCUT2D eigenvalue weighted by molar-refractivity contribution is 6.32. The number of aliphatic hydroxyl groups excluding tert-OH is 1. The van der Waals surface area contributed by atoms with Crippen molar-refractivity contribution >= 4 is 11.6 Å². The standard InChI is InChI=1S/C18H26ClNO3/c19-16-12-14(13-17-18(16)23-11-3-10-22-17)6-8-20-7-1-4-15(20)5-2-9-21/h12-13,15,21H,1-11H2. The molecule has 4 nitrogen and oxygen atoms in total. The predicted molar refractivity (Wildman–Crippen MR) is 91.7 cm³/mol. The molecule has 2 aliphatic heterocycles. The normalized spacial score (nSPS) is 21.4. The van der Waals surface area contributed by atoms with Gasteiger partial charge in [-0.05, 0) is 56.3 Å². The Morgan fingerprint density at radius 1 is 1.22 bits per heavy atom. The number of hydrogen-bond acceptors (Lipinski definition) is 4. The van der Waals surface area contributed by atoms with Crippen LogP contribution in [-0.2, 0) is 6.42 Å². The Morgan fingerprint density at radius 3 is 2.96 bits per heavy atom. The smallest absolute Gasteiger partial charge is 0.179 e. The van der Waals surface area contributed by atoms with Crippen LogP contribution in [0.15, 0.2) is 12.1 Å². The van der Waals surface area contributed by atoms with Gasteiger partial charge >= 0.3 is 0 Å². The molecular weight excluding hydrogens is 314 g/mol. The Kier molecular flexibility index (Phi) is 6.03. The number of hydrogen-bond donors (Lipinski definition) is 1. The molecule has 0 saturated carbocycles. The molecule has 1 saturated heterocycles. The van der Waals surface area contributed by atoms with Crippen molar-refractivity contribution in [2.24, 2.45) is 0 Å². The van der Waals surface area contributed by atoms with Crippen LogP contribution in [0.25, 0.3) is 0 Å². The van der Waals surface area contributed by atoms with Gasteiger partial charge in [-0.15, -0.1) is 0 Å². The van der Waals surface area contributed by atoms with Crippen molar-refractivity contribution in [1.29, 1.82) is 0 Å². The Bertz CT molecular complexity index is 523. The molecule has 3 rings (SSSR count). The second-order valence-electron chi connectivity index (χ2n) is 6.40. The van der Waals surface area contributed by atoms with Gasteiger partial charge in [0.1, 0.15) is 0 Å². The van der Waals surface area contributed by atoms with E-state index in [2.05, 4.69) is 11.0 Å². The second kappa shape index (κ2) is 8.22. The molecule has 1 N–H and O–H groups in total. The van der Waals surface area contributed by atoms with Gasteiger partial charge < -0.3 is 19.5 Å². The van der Waals surface area contributed by atoms with Crippen LogP contribution in [-0.4, -0.2) is 49.0 Å². The molecule has 1 aromatic rings. The van der Waals surface area contributed by atoms with Crippen LogP contribution >= 0.6 is 11.6 Å². The largest absolute Gasteiger partial charge is 0.489 e. The van der Waals surface area contributed by atoms with E-state index in [1.54, 1.807) is 0 Å². The van der Waals surface area contributed by atoms with Crippen molar-refractivity contribution in [3.05, 3.63) is 22.7 Å². The first kappa shape index (κ1) is 16.9. The van der Waals surface area contributed by atoms with Gasteiger partial charge in [0.25, 0.3) is 0 Å². The summed E-state index contributed by atoms with van der Waals surface area (Å²) >= 11 is 6.37. The molecule has 1 atom stereocenters. The molecule has 0 aromatic heterocycles. The summed E-state index contributed by atoms with van der Waals surface area (Å²) < 4.78 is 11.4. The van der Waals surface area contributed by atoms with Crippen molar-refractivity contribution in [1.82, 2.24) is 4.90 Å². The van der Waals surface area contributed by atoms with E-state index in [0.29, 0.717) is 36.6 Å². The van der Waals surface area contributed by atoms with Crippen molar-refractivity contribution in [3.63, 3.8) is 0 Å². The first-order chi connectivity index (χ1) is 11.3. The SMILES string of the molecule is OCCCC1CCCN1CCc1cc(Cl)c2c(c1)OCCCO2. The monoisotopic (exact) mass is 339 g/mol. The summed E-state index contributed by atoms with van der Waals surface area (Å²) in [5.41, 5.74) is 1.20. The minimum atomic E-state index is 0.294. The van der Waals surface area contributed by atoms with E-state index < -0.39 is 0 Å². The maximum atomic E-state index is 9.03. The number of halogens is 1. The van der Waals surface area contributed by atoms with Crippen LogP contribution in [0.2, 0.25) is 5.02 Å². The van der Waals surface area contributed by atoms with Gasteiger partial charge in [-0.1, -0.05) is 11.6 Å². The molecule has 0 aliphatic carbocycles. The van der Waals surface area contributed by atoms with Gasteiger partial charge in [-0.25, -0.2) is 0 Å². The number of fused-ring (bicyclic) bond motifs is 1. The maximum Gasteiger partial charge on any atom is 0.179 e. The van der Waals surface area contributed by atoms with Gasteiger partial charge in [0.2, 0.25) is 0 Å². The molecule has 2 heterocycles. The van der Waals surface area contributed by atoms with Crippen LogP contribution in [0.5, 0.6) is 11.5 Å². The van der Waals surface area contributed by atoms with Gasteiger partial charge in [0.15, 0.2) is 11.5 Å². The van der Waals surface area contributed by atoms with Crippen molar-refractivity contribution < 1.29 is 14.6 Å². The summed E-state index contributed by atoms with van der Waals surface area (Å²) in [5.74, 6) is 1.47. The topological polar surface area (TPSA) is 41.9 Å². The molecule has 0 radical (unpaired) electrons. The molecule has 0 amide bonds. The quantitative estimate of drug-likeness (QED) is 0.863. The van der Waals surface area contributed by atoms with E-state index >= 15 is 0 Å². The van der Waals surface area contributed by atoms with Crippen LogP contribution in [0.3, 0.4) is 0 Å². The third-order valence-electron chi connectivity index (χ3n) is 4.74. The molecule has 5 heteroatoms. The number of likely N-dealkylation sites (tertiary alicyclic amines) is 1. The van der Waals surface area contributed by atoms with E-state index in [9.17, 15) is 0 Å². The third kappa shape index (κ3) is 4.31. The molecule has 1 aromatic carbocycles. The lowest BCUT2D eigenvalue weighted by molar-refractivity contribution is 0.218. The molecule has 1 fully saturated rings. The molecule has 2 aliphatic rings. The lowest BCUT2D eigenvalue weighted by atomic mass is 10.1. The zero-order valence-electron chi connectivity index (χ0n) is 13.6. The fourth-order valence-electron chi connectivity index (χ4n) is 3.54. The summed E-state index contributed by atoms with van der Waals surface area (Å²) in [6, 6.07) is 4.71. The summed E-state index contributed by atoms with van der Waals surface area (Å²) in [6.07, 6.45) is 6.36. The predicted octanol–water partition coefficient (Wildman–Crippen LogP) is 3.28. The third-order valence-corrected chi connectivity index (χ3v) is 5.02. The average molecular weight is 340 g/mol. The molecule has 1 unspecified atom stereocenters. The number of nitrogens with zero attached hydrogens (tertiary/aromatic N) is 1.